The predicted octanol–water partition coefficient (Wildman–Crippen LogP) is 2.77. The van der Waals surface area contributed by atoms with Crippen LogP contribution in [0.3, 0.4) is 0 Å². The first kappa shape index (κ1) is 16.6. The predicted molar refractivity (Wildman–Crippen MR) is 102 cm³/mol. The van der Waals surface area contributed by atoms with Gasteiger partial charge < -0.3 is 14.5 Å². The highest BCUT2D eigenvalue weighted by Gasteiger charge is 2.27. The molecular formula is C20H20N2O4S. The van der Waals surface area contributed by atoms with Crippen LogP contribution in [0.25, 0.3) is 10.9 Å². The van der Waals surface area contributed by atoms with Gasteiger partial charge >= 0.3 is 0 Å². The van der Waals surface area contributed by atoms with E-state index in [1.807, 2.05) is 12.1 Å². The van der Waals surface area contributed by atoms with Crippen LogP contribution in [0.4, 0.5) is 0 Å². The molecule has 0 amide bonds. The summed E-state index contributed by atoms with van der Waals surface area (Å²) in [5, 5.41) is 1.18. The standard InChI is InChI=1S/C20H20N2O4S/c23-27(24,14-6-8-19-20(12-14)26-10-9-25-19)22-13-5-7-18-16(11-13)15-3-1-2-4-17(15)21-18/h1-4,6,8,12-13,21-22H,5,7,9-11H2. The molecule has 1 unspecified atom stereocenters. The summed E-state index contributed by atoms with van der Waals surface area (Å²) in [5.74, 6) is 1.06. The van der Waals surface area contributed by atoms with E-state index in [4.69, 9.17) is 9.47 Å². The second-order valence-corrected chi connectivity index (χ2v) is 8.71. The number of rotatable bonds is 3. The Kier molecular flexibility index (Phi) is 3.87. The molecule has 1 aliphatic carbocycles. The molecule has 6 nitrogen and oxygen atoms in total. The van der Waals surface area contributed by atoms with E-state index in [0.29, 0.717) is 31.1 Å². The fourth-order valence-electron chi connectivity index (χ4n) is 3.95. The fraction of sp³-hybridized carbons (Fsp3) is 0.300. The zero-order valence-corrected chi connectivity index (χ0v) is 15.5. The number of benzene rings is 2. The molecule has 0 spiro atoms. The number of aromatic amines is 1. The van der Waals surface area contributed by atoms with Crippen LogP contribution in [-0.2, 0) is 22.9 Å². The molecule has 1 aliphatic heterocycles. The number of aryl methyl sites for hydroxylation is 1. The third-order valence-corrected chi connectivity index (χ3v) is 6.76. The number of aromatic nitrogens is 1. The molecular weight excluding hydrogens is 364 g/mol. The number of sulfonamides is 1. The Morgan fingerprint density at radius 3 is 2.74 bits per heavy atom. The van der Waals surface area contributed by atoms with E-state index in [0.717, 1.165) is 18.4 Å². The lowest BCUT2D eigenvalue weighted by Crippen LogP contribution is -2.38. The van der Waals surface area contributed by atoms with Crippen molar-refractivity contribution < 1.29 is 17.9 Å². The smallest absolute Gasteiger partial charge is 0.240 e. The molecule has 2 aliphatic rings. The SMILES string of the molecule is O=S(=O)(NC1CCc2[nH]c3ccccc3c2C1)c1ccc2c(c1)OCCO2. The zero-order chi connectivity index (χ0) is 18.4. The van der Waals surface area contributed by atoms with Gasteiger partial charge in [0, 0.05) is 28.7 Å². The van der Waals surface area contributed by atoms with Crippen LogP contribution in [0.1, 0.15) is 17.7 Å². The van der Waals surface area contributed by atoms with Crippen LogP contribution in [0, 0.1) is 0 Å². The quantitative estimate of drug-likeness (QED) is 0.728. The summed E-state index contributed by atoms with van der Waals surface area (Å²) in [6, 6.07) is 12.8. The number of nitrogens with one attached hydrogen (secondary N) is 2. The maximum Gasteiger partial charge on any atom is 0.240 e. The van der Waals surface area contributed by atoms with Crippen molar-refractivity contribution >= 4 is 20.9 Å². The van der Waals surface area contributed by atoms with Crippen molar-refractivity contribution in [2.24, 2.45) is 0 Å². The van der Waals surface area contributed by atoms with E-state index < -0.39 is 10.0 Å². The Hall–Kier alpha value is -2.51. The Morgan fingerprint density at radius 2 is 1.85 bits per heavy atom. The molecule has 0 bridgehead atoms. The van der Waals surface area contributed by atoms with E-state index >= 15 is 0 Å². The van der Waals surface area contributed by atoms with E-state index in [1.54, 1.807) is 12.1 Å². The average Bonchev–Trinajstić information content (AvgIpc) is 3.05. The summed E-state index contributed by atoms with van der Waals surface area (Å²) in [7, 11) is -3.63. The molecule has 2 aromatic carbocycles. The highest BCUT2D eigenvalue weighted by Crippen LogP contribution is 2.33. The third-order valence-electron chi connectivity index (χ3n) is 5.24. The first-order valence-electron chi connectivity index (χ1n) is 9.10. The van der Waals surface area contributed by atoms with E-state index in [2.05, 4.69) is 21.8 Å². The molecule has 1 aromatic heterocycles. The van der Waals surface area contributed by atoms with Crippen LogP contribution in [-0.4, -0.2) is 32.7 Å². The molecule has 0 radical (unpaired) electrons. The van der Waals surface area contributed by atoms with Crippen LogP contribution in [0.5, 0.6) is 11.5 Å². The van der Waals surface area contributed by atoms with Gasteiger partial charge in [-0.25, -0.2) is 13.1 Å². The lowest BCUT2D eigenvalue weighted by molar-refractivity contribution is 0.171. The number of fused-ring (bicyclic) bond motifs is 4. The number of H-pyrrole nitrogens is 1. The summed E-state index contributed by atoms with van der Waals surface area (Å²) >= 11 is 0. The minimum atomic E-state index is -3.63. The summed E-state index contributed by atoms with van der Waals surface area (Å²) in [5.41, 5.74) is 3.54. The fourth-order valence-corrected chi connectivity index (χ4v) is 5.23. The summed E-state index contributed by atoms with van der Waals surface area (Å²) < 4.78 is 39.6. The van der Waals surface area contributed by atoms with E-state index in [-0.39, 0.29) is 10.9 Å². The Morgan fingerprint density at radius 1 is 1.04 bits per heavy atom. The maximum atomic E-state index is 12.9. The van der Waals surface area contributed by atoms with Crippen molar-refractivity contribution in [3.05, 3.63) is 53.7 Å². The molecule has 1 atom stereocenters. The van der Waals surface area contributed by atoms with Gasteiger partial charge in [0.25, 0.3) is 0 Å². The number of hydrogen-bond acceptors (Lipinski definition) is 4. The van der Waals surface area contributed by atoms with Crippen LogP contribution < -0.4 is 14.2 Å². The Bertz CT molecular complexity index is 1120. The molecule has 0 fully saturated rings. The van der Waals surface area contributed by atoms with Crippen molar-refractivity contribution in [3.63, 3.8) is 0 Å². The molecule has 2 heterocycles. The zero-order valence-electron chi connectivity index (χ0n) is 14.7. The van der Waals surface area contributed by atoms with Crippen molar-refractivity contribution in [2.45, 2.75) is 30.2 Å². The Labute approximate surface area is 157 Å². The topological polar surface area (TPSA) is 80.4 Å². The highest BCUT2D eigenvalue weighted by atomic mass is 32.2. The van der Waals surface area contributed by atoms with Crippen molar-refractivity contribution in [3.8, 4) is 11.5 Å². The molecule has 0 saturated heterocycles. The largest absolute Gasteiger partial charge is 0.486 e. The van der Waals surface area contributed by atoms with Gasteiger partial charge in [-0.2, -0.15) is 0 Å². The molecule has 0 saturated carbocycles. The number of hydrogen-bond donors (Lipinski definition) is 2. The van der Waals surface area contributed by atoms with Gasteiger partial charge in [0.2, 0.25) is 10.0 Å². The van der Waals surface area contributed by atoms with Gasteiger partial charge in [-0.3, -0.25) is 0 Å². The lowest BCUT2D eigenvalue weighted by atomic mass is 9.92. The molecule has 2 N–H and O–H groups in total. The second kappa shape index (κ2) is 6.28. The Balaban J connectivity index is 1.40. The van der Waals surface area contributed by atoms with Crippen molar-refractivity contribution in [1.82, 2.24) is 9.71 Å². The number of ether oxygens (including phenoxy) is 2. The first-order chi connectivity index (χ1) is 13.1. The first-order valence-corrected chi connectivity index (χ1v) is 10.6. The van der Waals surface area contributed by atoms with Gasteiger partial charge in [-0.1, -0.05) is 18.2 Å². The van der Waals surface area contributed by atoms with Crippen LogP contribution in [0.15, 0.2) is 47.4 Å². The highest BCUT2D eigenvalue weighted by molar-refractivity contribution is 7.89. The number of para-hydroxylation sites is 1. The maximum absolute atomic E-state index is 12.9. The monoisotopic (exact) mass is 384 g/mol. The summed E-state index contributed by atoms with van der Waals surface area (Å²) in [6.07, 6.45) is 2.28. The van der Waals surface area contributed by atoms with Gasteiger partial charge in [-0.05, 0) is 43.0 Å². The van der Waals surface area contributed by atoms with E-state index in [9.17, 15) is 8.42 Å². The van der Waals surface area contributed by atoms with Crippen LogP contribution in [0.2, 0.25) is 0 Å². The van der Waals surface area contributed by atoms with Gasteiger partial charge in [-0.15, -0.1) is 0 Å². The summed E-state index contributed by atoms with van der Waals surface area (Å²) in [6.45, 7) is 0.905. The second-order valence-electron chi connectivity index (χ2n) is 6.99. The molecule has 3 aromatic rings. The van der Waals surface area contributed by atoms with Crippen molar-refractivity contribution in [2.75, 3.05) is 13.2 Å². The van der Waals surface area contributed by atoms with Gasteiger partial charge in [0.05, 0.1) is 4.90 Å². The molecule has 5 rings (SSSR count). The summed E-state index contributed by atoms with van der Waals surface area (Å²) in [4.78, 5) is 3.66. The molecule has 27 heavy (non-hydrogen) atoms. The minimum absolute atomic E-state index is 0.130. The third kappa shape index (κ3) is 2.96. The minimum Gasteiger partial charge on any atom is -0.486 e. The van der Waals surface area contributed by atoms with E-state index in [1.165, 1.54) is 22.7 Å². The average molecular weight is 384 g/mol. The normalized spacial score (nSPS) is 19.0. The van der Waals surface area contributed by atoms with Gasteiger partial charge in [0.15, 0.2) is 11.5 Å². The molecule has 7 heteroatoms. The van der Waals surface area contributed by atoms with Crippen molar-refractivity contribution in [1.29, 1.82) is 0 Å². The van der Waals surface area contributed by atoms with Gasteiger partial charge in [0.1, 0.15) is 13.2 Å². The lowest BCUT2D eigenvalue weighted by Gasteiger charge is -2.24. The van der Waals surface area contributed by atoms with Crippen LogP contribution >= 0.6 is 0 Å². The molecule has 140 valence electrons.